The Morgan fingerprint density at radius 1 is 1.33 bits per heavy atom. The highest BCUT2D eigenvalue weighted by Gasteiger charge is 2.16. The lowest BCUT2D eigenvalue weighted by Gasteiger charge is -2.13. The standard InChI is InChI=1S/C13H15ClN4/c1-7-5-4-6-10(13(15)16)12(7)18-9(3)11(14)8(2)17-18/h4-6H,1-3H3,(H3,15,16). The van der Waals surface area contributed by atoms with Crippen molar-refractivity contribution in [1.29, 1.82) is 5.41 Å². The molecule has 1 aromatic heterocycles. The fraction of sp³-hybridized carbons (Fsp3) is 0.231. The normalized spacial score (nSPS) is 10.7. The Morgan fingerprint density at radius 3 is 2.50 bits per heavy atom. The van der Waals surface area contributed by atoms with Gasteiger partial charge in [-0.2, -0.15) is 5.10 Å². The second-order valence-corrected chi connectivity index (χ2v) is 4.66. The number of nitrogens with zero attached hydrogens (tertiary/aromatic N) is 2. The van der Waals surface area contributed by atoms with Crippen molar-refractivity contribution in [1.82, 2.24) is 9.78 Å². The number of halogens is 1. The summed E-state index contributed by atoms with van der Waals surface area (Å²) in [5, 5.41) is 12.7. The van der Waals surface area contributed by atoms with E-state index in [9.17, 15) is 0 Å². The molecule has 0 spiro atoms. The van der Waals surface area contributed by atoms with Crippen LogP contribution in [0, 0.1) is 26.2 Å². The average Bonchev–Trinajstić information content (AvgIpc) is 2.56. The van der Waals surface area contributed by atoms with Gasteiger partial charge in [0.2, 0.25) is 0 Å². The Labute approximate surface area is 111 Å². The molecule has 0 atom stereocenters. The number of amidine groups is 1. The minimum atomic E-state index is 0.0253. The van der Waals surface area contributed by atoms with E-state index in [4.69, 9.17) is 22.7 Å². The number of hydrogen-bond acceptors (Lipinski definition) is 2. The van der Waals surface area contributed by atoms with Crippen molar-refractivity contribution in [2.75, 3.05) is 0 Å². The van der Waals surface area contributed by atoms with Gasteiger partial charge in [-0.05, 0) is 32.4 Å². The molecule has 94 valence electrons. The van der Waals surface area contributed by atoms with Gasteiger partial charge in [0.05, 0.1) is 22.1 Å². The predicted octanol–water partition coefficient (Wildman–Crippen LogP) is 2.74. The van der Waals surface area contributed by atoms with Gasteiger partial charge < -0.3 is 5.73 Å². The van der Waals surface area contributed by atoms with Crippen molar-refractivity contribution >= 4 is 17.4 Å². The van der Waals surface area contributed by atoms with E-state index >= 15 is 0 Å². The van der Waals surface area contributed by atoms with Crippen LogP contribution in [0.5, 0.6) is 0 Å². The van der Waals surface area contributed by atoms with Gasteiger partial charge in [-0.3, -0.25) is 5.41 Å². The minimum absolute atomic E-state index is 0.0253. The lowest BCUT2D eigenvalue weighted by Crippen LogP contribution is -2.16. The maximum Gasteiger partial charge on any atom is 0.124 e. The zero-order chi connectivity index (χ0) is 13.4. The molecule has 2 aromatic rings. The van der Waals surface area contributed by atoms with E-state index in [0.29, 0.717) is 10.6 Å². The van der Waals surface area contributed by atoms with Crippen molar-refractivity contribution in [3.63, 3.8) is 0 Å². The van der Waals surface area contributed by atoms with Crippen LogP contribution < -0.4 is 5.73 Å². The number of hydrogen-bond donors (Lipinski definition) is 2. The summed E-state index contributed by atoms with van der Waals surface area (Å²) in [7, 11) is 0. The molecule has 0 amide bonds. The first-order valence-electron chi connectivity index (χ1n) is 5.59. The van der Waals surface area contributed by atoms with E-state index in [1.807, 2.05) is 39.0 Å². The molecule has 0 saturated carbocycles. The number of nitrogens with two attached hydrogens (primary N) is 1. The second-order valence-electron chi connectivity index (χ2n) is 4.28. The van der Waals surface area contributed by atoms with Crippen LogP contribution in [0.15, 0.2) is 18.2 Å². The van der Waals surface area contributed by atoms with Crippen molar-refractivity contribution in [2.45, 2.75) is 20.8 Å². The molecule has 0 aliphatic heterocycles. The zero-order valence-corrected chi connectivity index (χ0v) is 11.3. The number of nitrogens with one attached hydrogen (secondary N) is 1. The maximum absolute atomic E-state index is 7.66. The van der Waals surface area contributed by atoms with Crippen LogP contribution in [-0.2, 0) is 0 Å². The monoisotopic (exact) mass is 262 g/mol. The smallest absolute Gasteiger partial charge is 0.124 e. The lowest BCUT2D eigenvalue weighted by atomic mass is 10.1. The third kappa shape index (κ3) is 1.88. The quantitative estimate of drug-likeness (QED) is 0.645. The average molecular weight is 263 g/mol. The van der Waals surface area contributed by atoms with E-state index in [-0.39, 0.29) is 5.84 Å². The third-order valence-corrected chi connectivity index (χ3v) is 3.49. The Morgan fingerprint density at radius 2 is 2.00 bits per heavy atom. The zero-order valence-electron chi connectivity index (χ0n) is 10.6. The van der Waals surface area contributed by atoms with Gasteiger partial charge in [-0.25, -0.2) is 4.68 Å². The van der Waals surface area contributed by atoms with Crippen LogP contribution in [0.4, 0.5) is 0 Å². The Hall–Kier alpha value is -1.81. The van der Waals surface area contributed by atoms with Gasteiger partial charge in [0.15, 0.2) is 0 Å². The summed E-state index contributed by atoms with van der Waals surface area (Å²) in [6.45, 7) is 5.72. The maximum atomic E-state index is 7.66. The number of rotatable bonds is 2. The molecule has 18 heavy (non-hydrogen) atoms. The molecular weight excluding hydrogens is 248 g/mol. The molecule has 4 nitrogen and oxygen atoms in total. The van der Waals surface area contributed by atoms with Crippen molar-refractivity contribution < 1.29 is 0 Å². The molecule has 2 rings (SSSR count). The van der Waals surface area contributed by atoms with E-state index in [1.54, 1.807) is 4.68 Å². The van der Waals surface area contributed by atoms with Crippen molar-refractivity contribution in [3.05, 3.63) is 45.7 Å². The van der Waals surface area contributed by atoms with Crippen molar-refractivity contribution in [2.24, 2.45) is 5.73 Å². The predicted molar refractivity (Wildman–Crippen MR) is 73.8 cm³/mol. The van der Waals surface area contributed by atoms with Gasteiger partial charge >= 0.3 is 0 Å². The molecule has 3 N–H and O–H groups in total. The molecular formula is C13H15ClN4. The summed E-state index contributed by atoms with van der Waals surface area (Å²) in [5.41, 5.74) is 9.73. The second kappa shape index (κ2) is 4.46. The molecule has 0 unspecified atom stereocenters. The number of aromatic nitrogens is 2. The first-order chi connectivity index (χ1) is 8.43. The van der Waals surface area contributed by atoms with Gasteiger partial charge in [0.25, 0.3) is 0 Å². The molecule has 5 heteroatoms. The molecule has 0 bridgehead atoms. The third-order valence-electron chi connectivity index (χ3n) is 2.94. The summed E-state index contributed by atoms with van der Waals surface area (Å²) in [6.07, 6.45) is 0. The highest BCUT2D eigenvalue weighted by Crippen LogP contribution is 2.26. The fourth-order valence-electron chi connectivity index (χ4n) is 2.00. The Kier molecular flexibility index (Phi) is 3.13. The molecule has 0 saturated heterocycles. The van der Waals surface area contributed by atoms with Crippen LogP contribution in [0.2, 0.25) is 5.02 Å². The summed E-state index contributed by atoms with van der Waals surface area (Å²) in [5.74, 6) is 0.0253. The largest absolute Gasteiger partial charge is 0.384 e. The van der Waals surface area contributed by atoms with Gasteiger partial charge in [0.1, 0.15) is 5.84 Å². The molecule has 0 fully saturated rings. The summed E-state index contributed by atoms with van der Waals surface area (Å²) < 4.78 is 1.75. The molecule has 1 aromatic carbocycles. The topological polar surface area (TPSA) is 67.7 Å². The Bertz CT molecular complexity index is 628. The lowest BCUT2D eigenvalue weighted by molar-refractivity contribution is 0.825. The van der Waals surface area contributed by atoms with Gasteiger partial charge in [-0.1, -0.05) is 23.7 Å². The minimum Gasteiger partial charge on any atom is -0.384 e. The van der Waals surface area contributed by atoms with Crippen LogP contribution in [0.25, 0.3) is 5.69 Å². The van der Waals surface area contributed by atoms with Crippen LogP contribution >= 0.6 is 11.6 Å². The van der Waals surface area contributed by atoms with E-state index < -0.39 is 0 Å². The highest BCUT2D eigenvalue weighted by molar-refractivity contribution is 6.31. The molecule has 1 heterocycles. The first-order valence-corrected chi connectivity index (χ1v) is 5.97. The first kappa shape index (κ1) is 12.6. The number of benzene rings is 1. The van der Waals surface area contributed by atoms with Crippen LogP contribution in [0.1, 0.15) is 22.5 Å². The van der Waals surface area contributed by atoms with Gasteiger partial charge in [-0.15, -0.1) is 0 Å². The van der Waals surface area contributed by atoms with Crippen molar-refractivity contribution in [3.8, 4) is 5.69 Å². The fourth-order valence-corrected chi connectivity index (χ4v) is 2.12. The summed E-state index contributed by atoms with van der Waals surface area (Å²) >= 11 is 6.16. The van der Waals surface area contributed by atoms with E-state index in [0.717, 1.165) is 22.6 Å². The SMILES string of the molecule is Cc1cccc(C(=N)N)c1-n1nc(C)c(Cl)c1C. The molecule has 0 aliphatic rings. The van der Waals surface area contributed by atoms with Crippen LogP contribution in [-0.4, -0.2) is 15.6 Å². The summed E-state index contributed by atoms with van der Waals surface area (Å²) in [6, 6.07) is 5.66. The number of para-hydroxylation sites is 1. The van der Waals surface area contributed by atoms with E-state index in [1.165, 1.54) is 0 Å². The highest BCUT2D eigenvalue weighted by atomic mass is 35.5. The number of nitrogen functional groups attached to an aromatic ring is 1. The van der Waals surface area contributed by atoms with E-state index in [2.05, 4.69) is 5.10 Å². The molecule has 0 radical (unpaired) electrons. The Balaban J connectivity index is 2.78. The summed E-state index contributed by atoms with van der Waals surface area (Å²) in [4.78, 5) is 0. The van der Waals surface area contributed by atoms with Gasteiger partial charge in [0, 0.05) is 5.56 Å². The van der Waals surface area contributed by atoms with Crippen LogP contribution in [0.3, 0.4) is 0 Å². The molecule has 0 aliphatic carbocycles. The number of aryl methyl sites for hydroxylation is 2.